The molecule has 2 aromatic rings. The third-order valence-corrected chi connectivity index (χ3v) is 4.48. The highest BCUT2D eigenvalue weighted by atomic mass is 16.5. The van der Waals surface area contributed by atoms with Crippen LogP contribution in [0, 0.1) is 0 Å². The topological polar surface area (TPSA) is 91.5 Å². The molecule has 1 saturated heterocycles. The maximum atomic E-state index is 10.1. The van der Waals surface area contributed by atoms with Crippen molar-refractivity contribution in [3.05, 3.63) is 41.0 Å². The third-order valence-electron chi connectivity index (χ3n) is 4.48. The van der Waals surface area contributed by atoms with Crippen LogP contribution in [0.5, 0.6) is 11.8 Å². The molecule has 0 radical (unpaired) electrons. The van der Waals surface area contributed by atoms with E-state index >= 15 is 0 Å². The molecule has 0 spiro atoms. The van der Waals surface area contributed by atoms with Gasteiger partial charge >= 0.3 is 0 Å². The maximum absolute atomic E-state index is 10.1. The summed E-state index contributed by atoms with van der Waals surface area (Å²) in [5.74, 6) is 0.0271. The Hall–Kier alpha value is -2.14. The van der Waals surface area contributed by atoms with Crippen molar-refractivity contribution in [1.82, 2.24) is 4.98 Å². The van der Waals surface area contributed by atoms with Crippen LogP contribution in [0.25, 0.3) is 0 Å². The fraction of sp³-hybridized carbons (Fsp3) is 0.333. The van der Waals surface area contributed by atoms with Gasteiger partial charge in [-0.2, -0.15) is 0 Å². The highest BCUT2D eigenvalue weighted by Gasteiger charge is 2.54. The number of H-pyrrole nitrogens is 1. The summed E-state index contributed by atoms with van der Waals surface area (Å²) in [6.07, 6.45) is 2.15. The number of fused-ring (bicyclic) bond motifs is 5. The molecule has 0 aliphatic carbocycles. The summed E-state index contributed by atoms with van der Waals surface area (Å²) in [6.45, 7) is 0. The molecule has 2 bridgehead atoms. The summed E-state index contributed by atoms with van der Waals surface area (Å²) >= 11 is 0. The molecule has 4 rings (SSSR count). The Balaban J connectivity index is 1.81. The number of aromatic amines is 1. The summed E-state index contributed by atoms with van der Waals surface area (Å²) in [7, 11) is 0. The molecule has 2 unspecified atom stereocenters. The summed E-state index contributed by atoms with van der Waals surface area (Å²) < 4.78 is 6.10. The molecule has 5 heteroatoms. The van der Waals surface area contributed by atoms with Crippen molar-refractivity contribution in [2.75, 3.05) is 5.73 Å². The summed E-state index contributed by atoms with van der Waals surface area (Å²) in [6, 6.07) is 7.68. The molecular formula is C15H16N2O3. The maximum Gasteiger partial charge on any atom is 0.197 e. The zero-order chi connectivity index (χ0) is 13.9. The van der Waals surface area contributed by atoms with Crippen molar-refractivity contribution < 1.29 is 14.9 Å². The van der Waals surface area contributed by atoms with Crippen LogP contribution < -0.4 is 5.73 Å². The second-order valence-electron chi connectivity index (χ2n) is 5.63. The summed E-state index contributed by atoms with van der Waals surface area (Å²) in [5, 5.41) is 19.9. The third kappa shape index (κ3) is 1.35. The van der Waals surface area contributed by atoms with Gasteiger partial charge in [-0.25, -0.2) is 0 Å². The average molecular weight is 272 g/mol. The summed E-state index contributed by atoms with van der Waals surface area (Å²) in [5.41, 5.74) is 8.58. The molecule has 1 aromatic carbocycles. The van der Waals surface area contributed by atoms with Gasteiger partial charge in [0.2, 0.25) is 0 Å². The van der Waals surface area contributed by atoms with Crippen LogP contribution in [-0.4, -0.2) is 15.2 Å². The molecule has 2 aliphatic rings. The number of hydrogen-bond acceptors (Lipinski definition) is 4. The Kier molecular flexibility index (Phi) is 2.16. The van der Waals surface area contributed by atoms with E-state index in [0.29, 0.717) is 17.5 Å². The van der Waals surface area contributed by atoms with Gasteiger partial charge in [0.1, 0.15) is 5.60 Å². The second kappa shape index (κ2) is 3.70. The number of aromatic hydroxyl groups is 2. The van der Waals surface area contributed by atoms with E-state index in [1.165, 1.54) is 0 Å². The number of nitrogen functional groups attached to an aromatic ring is 1. The molecule has 104 valence electrons. The van der Waals surface area contributed by atoms with E-state index in [0.717, 1.165) is 24.1 Å². The number of nitrogens with two attached hydrogens (primary N) is 1. The highest BCUT2D eigenvalue weighted by Crippen LogP contribution is 2.61. The first-order valence-corrected chi connectivity index (χ1v) is 6.76. The molecular weight excluding hydrogens is 256 g/mol. The van der Waals surface area contributed by atoms with Gasteiger partial charge in [0, 0.05) is 12.1 Å². The summed E-state index contributed by atoms with van der Waals surface area (Å²) in [4.78, 5) is 2.60. The molecule has 1 aromatic heterocycles. The Bertz CT molecular complexity index is 694. The van der Waals surface area contributed by atoms with Crippen molar-refractivity contribution in [2.24, 2.45) is 0 Å². The van der Waals surface area contributed by atoms with Crippen molar-refractivity contribution in [3.63, 3.8) is 0 Å². The molecule has 1 fully saturated rings. The van der Waals surface area contributed by atoms with E-state index in [4.69, 9.17) is 10.5 Å². The number of hydrogen-bond donors (Lipinski definition) is 4. The lowest BCUT2D eigenvalue weighted by atomic mass is 9.80. The van der Waals surface area contributed by atoms with Crippen LogP contribution in [-0.2, 0) is 16.8 Å². The molecule has 3 heterocycles. The number of benzene rings is 1. The van der Waals surface area contributed by atoms with Crippen LogP contribution in [0.15, 0.2) is 24.3 Å². The lowest BCUT2D eigenvalue weighted by molar-refractivity contribution is -0.0231. The second-order valence-corrected chi connectivity index (χ2v) is 5.63. The molecule has 0 amide bonds. The predicted molar refractivity (Wildman–Crippen MR) is 73.4 cm³/mol. The van der Waals surface area contributed by atoms with Gasteiger partial charge in [-0.1, -0.05) is 18.2 Å². The van der Waals surface area contributed by atoms with Crippen LogP contribution in [0.2, 0.25) is 0 Å². The normalized spacial score (nSPS) is 26.9. The van der Waals surface area contributed by atoms with E-state index in [-0.39, 0.29) is 17.9 Å². The van der Waals surface area contributed by atoms with Gasteiger partial charge in [0.25, 0.3) is 0 Å². The van der Waals surface area contributed by atoms with Crippen LogP contribution >= 0.6 is 0 Å². The molecule has 5 nitrogen and oxygen atoms in total. The van der Waals surface area contributed by atoms with Gasteiger partial charge in [0.15, 0.2) is 11.8 Å². The van der Waals surface area contributed by atoms with Gasteiger partial charge in [-0.3, -0.25) is 4.98 Å². The van der Waals surface area contributed by atoms with Crippen molar-refractivity contribution in [2.45, 2.75) is 31.0 Å². The van der Waals surface area contributed by atoms with Gasteiger partial charge in [-0.15, -0.1) is 0 Å². The standard InChI is InChI=1S/C15H16N2O3/c16-9-4-2-1-3-8(9)7-15-6-5-10(20-15)11-12(15)14(19)17-13(11)18/h1-4,10,17-19H,5-7,16H2. The Labute approximate surface area is 116 Å². The Morgan fingerprint density at radius 2 is 2.10 bits per heavy atom. The predicted octanol–water partition coefficient (Wildman–Crippen LogP) is 2.31. The van der Waals surface area contributed by atoms with E-state index in [2.05, 4.69) is 4.98 Å². The lowest BCUT2D eigenvalue weighted by Gasteiger charge is -2.26. The van der Waals surface area contributed by atoms with E-state index in [1.54, 1.807) is 0 Å². The molecule has 0 saturated carbocycles. The SMILES string of the molecule is Nc1ccccc1CC12CCC(O1)c1c(O)[nH]c(O)c12. The molecule has 2 aliphatic heterocycles. The van der Waals surface area contributed by atoms with Crippen molar-refractivity contribution in [3.8, 4) is 11.8 Å². The number of aromatic nitrogens is 1. The number of ether oxygens (including phenoxy) is 1. The van der Waals surface area contributed by atoms with Crippen molar-refractivity contribution in [1.29, 1.82) is 0 Å². The quantitative estimate of drug-likeness (QED) is 0.631. The lowest BCUT2D eigenvalue weighted by Crippen LogP contribution is -2.25. The fourth-order valence-corrected chi connectivity index (χ4v) is 3.63. The monoisotopic (exact) mass is 272 g/mol. The largest absolute Gasteiger partial charge is 0.494 e. The molecule has 2 atom stereocenters. The molecule has 5 N–H and O–H groups in total. The highest BCUT2D eigenvalue weighted by molar-refractivity contribution is 5.55. The first-order chi connectivity index (χ1) is 9.61. The first-order valence-electron chi connectivity index (χ1n) is 6.76. The number of rotatable bonds is 2. The minimum absolute atomic E-state index is 0.00852. The Morgan fingerprint density at radius 1 is 1.30 bits per heavy atom. The fourth-order valence-electron chi connectivity index (χ4n) is 3.63. The van der Waals surface area contributed by atoms with Crippen LogP contribution in [0.4, 0.5) is 5.69 Å². The van der Waals surface area contributed by atoms with Gasteiger partial charge in [0.05, 0.1) is 17.2 Å². The minimum atomic E-state index is -0.572. The minimum Gasteiger partial charge on any atom is -0.494 e. The first kappa shape index (κ1) is 11.7. The van der Waals surface area contributed by atoms with Crippen LogP contribution in [0.1, 0.15) is 35.6 Å². The smallest absolute Gasteiger partial charge is 0.197 e. The van der Waals surface area contributed by atoms with E-state index < -0.39 is 5.60 Å². The molecule has 20 heavy (non-hydrogen) atoms. The Morgan fingerprint density at radius 3 is 2.90 bits per heavy atom. The van der Waals surface area contributed by atoms with Crippen molar-refractivity contribution >= 4 is 5.69 Å². The number of nitrogens with one attached hydrogen (secondary N) is 1. The van der Waals surface area contributed by atoms with E-state index in [1.807, 2.05) is 24.3 Å². The number of anilines is 1. The van der Waals surface area contributed by atoms with E-state index in [9.17, 15) is 10.2 Å². The zero-order valence-electron chi connectivity index (χ0n) is 10.9. The van der Waals surface area contributed by atoms with Gasteiger partial charge < -0.3 is 20.7 Å². The average Bonchev–Trinajstić information content (AvgIpc) is 3.05. The van der Waals surface area contributed by atoms with Crippen LogP contribution in [0.3, 0.4) is 0 Å². The zero-order valence-corrected chi connectivity index (χ0v) is 10.9. The van der Waals surface area contributed by atoms with Gasteiger partial charge in [-0.05, 0) is 24.5 Å². The number of para-hydroxylation sites is 1.